The molecule has 22 heavy (non-hydrogen) atoms. The number of rotatable bonds is 6. The SMILES string of the molecule is COc1cccc(NCC(=O)N/N=C\c2cccc(C)c2)c1. The van der Waals surface area contributed by atoms with Crippen molar-refractivity contribution in [2.24, 2.45) is 5.10 Å². The van der Waals surface area contributed by atoms with Gasteiger partial charge in [0.2, 0.25) is 0 Å². The van der Waals surface area contributed by atoms with Crippen molar-refractivity contribution in [2.75, 3.05) is 19.0 Å². The number of hydrogen-bond donors (Lipinski definition) is 2. The van der Waals surface area contributed by atoms with Crippen molar-refractivity contribution in [2.45, 2.75) is 6.92 Å². The lowest BCUT2D eigenvalue weighted by Crippen LogP contribution is -2.25. The normalized spacial score (nSPS) is 10.5. The molecule has 5 nitrogen and oxygen atoms in total. The molecule has 0 radical (unpaired) electrons. The van der Waals surface area contributed by atoms with Crippen LogP contribution >= 0.6 is 0 Å². The van der Waals surface area contributed by atoms with Crippen LogP contribution in [-0.2, 0) is 4.79 Å². The maximum Gasteiger partial charge on any atom is 0.259 e. The van der Waals surface area contributed by atoms with Crippen molar-refractivity contribution in [3.8, 4) is 5.75 Å². The molecule has 0 unspecified atom stereocenters. The molecular formula is C17H19N3O2. The van der Waals surface area contributed by atoms with Crippen LogP contribution in [0.5, 0.6) is 5.75 Å². The van der Waals surface area contributed by atoms with Crippen LogP contribution in [0.15, 0.2) is 53.6 Å². The Bertz CT molecular complexity index is 668. The standard InChI is InChI=1S/C17H19N3O2/c1-13-5-3-6-14(9-13)11-19-20-17(21)12-18-15-7-4-8-16(10-15)22-2/h3-11,18H,12H2,1-2H3,(H,20,21)/b19-11-. The lowest BCUT2D eigenvalue weighted by Gasteiger charge is -2.06. The Labute approximate surface area is 130 Å². The summed E-state index contributed by atoms with van der Waals surface area (Å²) in [5.41, 5.74) is 5.40. The van der Waals surface area contributed by atoms with E-state index in [0.717, 1.165) is 22.6 Å². The van der Waals surface area contributed by atoms with E-state index in [0.29, 0.717) is 0 Å². The smallest absolute Gasteiger partial charge is 0.259 e. The largest absolute Gasteiger partial charge is 0.497 e. The van der Waals surface area contributed by atoms with Crippen LogP contribution in [-0.4, -0.2) is 25.8 Å². The van der Waals surface area contributed by atoms with E-state index in [4.69, 9.17) is 4.74 Å². The van der Waals surface area contributed by atoms with Crippen molar-refractivity contribution >= 4 is 17.8 Å². The first-order valence-corrected chi connectivity index (χ1v) is 6.94. The second-order valence-corrected chi connectivity index (χ2v) is 4.79. The third-order valence-electron chi connectivity index (χ3n) is 2.97. The van der Waals surface area contributed by atoms with Crippen LogP contribution < -0.4 is 15.5 Å². The Morgan fingerprint density at radius 3 is 2.82 bits per heavy atom. The summed E-state index contributed by atoms with van der Waals surface area (Å²) in [6.07, 6.45) is 1.62. The fraction of sp³-hybridized carbons (Fsp3) is 0.176. The average molecular weight is 297 g/mol. The maximum absolute atomic E-state index is 11.7. The van der Waals surface area contributed by atoms with Gasteiger partial charge in [0.25, 0.3) is 5.91 Å². The van der Waals surface area contributed by atoms with E-state index in [1.54, 1.807) is 13.3 Å². The van der Waals surface area contributed by atoms with Gasteiger partial charge in [-0.2, -0.15) is 5.10 Å². The van der Waals surface area contributed by atoms with Crippen LogP contribution in [0.3, 0.4) is 0 Å². The van der Waals surface area contributed by atoms with E-state index in [9.17, 15) is 4.79 Å². The maximum atomic E-state index is 11.7. The second-order valence-electron chi connectivity index (χ2n) is 4.79. The zero-order chi connectivity index (χ0) is 15.8. The Hall–Kier alpha value is -2.82. The molecule has 2 aromatic carbocycles. The quantitative estimate of drug-likeness (QED) is 0.636. The first kappa shape index (κ1) is 15.6. The van der Waals surface area contributed by atoms with Crippen LogP contribution in [0.25, 0.3) is 0 Å². The number of nitrogens with zero attached hydrogens (tertiary/aromatic N) is 1. The van der Waals surface area contributed by atoms with Crippen molar-refractivity contribution in [3.05, 3.63) is 59.7 Å². The van der Waals surface area contributed by atoms with Crippen molar-refractivity contribution in [1.82, 2.24) is 5.43 Å². The topological polar surface area (TPSA) is 62.7 Å². The first-order valence-electron chi connectivity index (χ1n) is 6.94. The number of aryl methyl sites for hydroxylation is 1. The van der Waals surface area contributed by atoms with Crippen molar-refractivity contribution in [3.63, 3.8) is 0 Å². The Morgan fingerprint density at radius 1 is 1.23 bits per heavy atom. The third kappa shape index (κ3) is 4.94. The summed E-state index contributed by atoms with van der Waals surface area (Å²) in [6.45, 7) is 2.15. The molecule has 0 fully saturated rings. The molecule has 114 valence electrons. The minimum atomic E-state index is -0.216. The molecule has 2 rings (SSSR count). The van der Waals surface area contributed by atoms with Crippen LogP contribution in [0.2, 0.25) is 0 Å². The van der Waals surface area contributed by atoms with Gasteiger partial charge >= 0.3 is 0 Å². The number of nitrogens with one attached hydrogen (secondary N) is 2. The first-order chi connectivity index (χ1) is 10.7. The summed E-state index contributed by atoms with van der Waals surface area (Å²) in [5.74, 6) is 0.523. The van der Waals surface area contributed by atoms with Gasteiger partial charge in [0, 0.05) is 11.8 Å². The molecule has 0 spiro atoms. The van der Waals surface area contributed by atoms with Gasteiger partial charge < -0.3 is 10.1 Å². The number of benzene rings is 2. The van der Waals surface area contributed by atoms with Crippen molar-refractivity contribution in [1.29, 1.82) is 0 Å². The summed E-state index contributed by atoms with van der Waals surface area (Å²) in [7, 11) is 1.60. The highest BCUT2D eigenvalue weighted by Crippen LogP contribution is 2.16. The Morgan fingerprint density at radius 2 is 2.05 bits per heavy atom. The highest BCUT2D eigenvalue weighted by atomic mass is 16.5. The molecule has 0 aliphatic heterocycles. The van der Waals surface area contributed by atoms with Crippen molar-refractivity contribution < 1.29 is 9.53 Å². The molecule has 0 bridgehead atoms. The third-order valence-corrected chi connectivity index (χ3v) is 2.97. The summed E-state index contributed by atoms with van der Waals surface area (Å²) in [4.78, 5) is 11.7. The van der Waals surface area contributed by atoms with Gasteiger partial charge in [-0.3, -0.25) is 4.79 Å². The predicted octanol–water partition coefficient (Wildman–Crippen LogP) is 2.57. The predicted molar refractivity (Wildman–Crippen MR) is 88.4 cm³/mol. The molecule has 0 aromatic heterocycles. The number of carbonyl (C=O) groups is 1. The Balaban J connectivity index is 1.80. The number of hydrogen-bond acceptors (Lipinski definition) is 4. The molecular weight excluding hydrogens is 278 g/mol. The fourth-order valence-corrected chi connectivity index (χ4v) is 1.88. The van der Waals surface area contributed by atoms with Gasteiger partial charge in [0.05, 0.1) is 19.9 Å². The Kier molecular flexibility index (Phi) is 5.54. The molecule has 0 heterocycles. The molecule has 0 saturated heterocycles. The minimum Gasteiger partial charge on any atom is -0.497 e. The zero-order valence-corrected chi connectivity index (χ0v) is 12.7. The van der Waals surface area contributed by atoms with Crippen LogP contribution in [0.4, 0.5) is 5.69 Å². The molecule has 0 aliphatic rings. The molecule has 0 atom stereocenters. The number of anilines is 1. The molecule has 0 aliphatic carbocycles. The number of carbonyl (C=O) groups excluding carboxylic acids is 1. The van der Waals surface area contributed by atoms with E-state index in [1.807, 2.05) is 55.5 Å². The molecule has 0 saturated carbocycles. The highest BCUT2D eigenvalue weighted by Gasteiger charge is 2.00. The van der Waals surface area contributed by atoms with Gasteiger partial charge in [-0.15, -0.1) is 0 Å². The lowest BCUT2D eigenvalue weighted by molar-refractivity contribution is -0.119. The highest BCUT2D eigenvalue weighted by molar-refractivity contribution is 5.84. The van der Waals surface area contributed by atoms with E-state index in [2.05, 4.69) is 15.8 Å². The van der Waals surface area contributed by atoms with Gasteiger partial charge in [-0.25, -0.2) is 5.43 Å². The summed E-state index contributed by atoms with van der Waals surface area (Å²) in [5, 5.41) is 6.95. The van der Waals surface area contributed by atoms with E-state index in [-0.39, 0.29) is 12.5 Å². The van der Waals surface area contributed by atoms with Crippen LogP contribution in [0, 0.1) is 6.92 Å². The summed E-state index contributed by atoms with van der Waals surface area (Å²) < 4.78 is 5.12. The zero-order valence-electron chi connectivity index (χ0n) is 12.7. The number of ether oxygens (including phenoxy) is 1. The fourth-order valence-electron chi connectivity index (χ4n) is 1.88. The minimum absolute atomic E-state index is 0.137. The molecule has 1 amide bonds. The monoisotopic (exact) mass is 297 g/mol. The molecule has 2 aromatic rings. The number of hydrazone groups is 1. The molecule has 5 heteroatoms. The van der Waals surface area contributed by atoms with E-state index >= 15 is 0 Å². The molecule has 2 N–H and O–H groups in total. The number of methoxy groups -OCH3 is 1. The van der Waals surface area contributed by atoms with Gasteiger partial charge in [-0.05, 0) is 24.6 Å². The second kappa shape index (κ2) is 7.83. The van der Waals surface area contributed by atoms with Gasteiger partial charge in [0.15, 0.2) is 0 Å². The average Bonchev–Trinajstić information content (AvgIpc) is 2.53. The summed E-state index contributed by atoms with van der Waals surface area (Å²) >= 11 is 0. The van der Waals surface area contributed by atoms with E-state index in [1.165, 1.54) is 0 Å². The number of amides is 1. The van der Waals surface area contributed by atoms with Gasteiger partial charge in [-0.1, -0.05) is 35.9 Å². The van der Waals surface area contributed by atoms with E-state index < -0.39 is 0 Å². The van der Waals surface area contributed by atoms with Gasteiger partial charge in [0.1, 0.15) is 5.75 Å². The summed E-state index contributed by atoms with van der Waals surface area (Å²) in [6, 6.07) is 15.3. The van der Waals surface area contributed by atoms with Crippen LogP contribution in [0.1, 0.15) is 11.1 Å². The lowest BCUT2D eigenvalue weighted by atomic mass is 10.2.